The van der Waals surface area contributed by atoms with Crippen molar-refractivity contribution in [3.05, 3.63) is 59.9 Å². The molecule has 0 radical (unpaired) electrons. The molecule has 2 aromatic carbocycles. The molecule has 0 saturated heterocycles. The largest absolute Gasteiger partial charge is 0.487 e. The second-order valence-corrected chi connectivity index (χ2v) is 9.74. The summed E-state index contributed by atoms with van der Waals surface area (Å²) in [4.78, 5) is 13.0. The van der Waals surface area contributed by atoms with Gasteiger partial charge in [-0.05, 0) is 45.0 Å². The third-order valence-electron chi connectivity index (χ3n) is 4.84. The first-order valence-corrected chi connectivity index (χ1v) is 11.2. The molecule has 1 aliphatic rings. The number of ether oxygens (including phenoxy) is 1. The molecule has 1 N–H and O–H groups in total. The molecule has 0 spiro atoms. The minimum absolute atomic E-state index is 0.0999. The molecule has 0 aliphatic carbocycles. The predicted molar refractivity (Wildman–Crippen MR) is 110 cm³/mol. The highest BCUT2D eigenvalue weighted by atomic mass is 32.2. The summed E-state index contributed by atoms with van der Waals surface area (Å²) >= 11 is 0. The standard InChI is InChI=1S/C21H25FN2O4S/c1-14(24(29(4,26)27)16-9-7-8-15(22)12-16)20(25)23-18-13-21(2,3)28-19-11-6-5-10-17(18)19/h5-12,14,18H,13H2,1-4H3,(H,23,25)/t14-,18-/m1/s1. The van der Waals surface area contributed by atoms with Crippen LogP contribution in [0, 0.1) is 5.82 Å². The van der Waals surface area contributed by atoms with Crippen LogP contribution in [0.1, 0.15) is 38.8 Å². The summed E-state index contributed by atoms with van der Waals surface area (Å²) in [5.74, 6) is -0.368. The van der Waals surface area contributed by atoms with Crippen molar-refractivity contribution in [3.63, 3.8) is 0 Å². The van der Waals surface area contributed by atoms with Crippen molar-refractivity contribution in [3.8, 4) is 5.75 Å². The molecule has 2 atom stereocenters. The van der Waals surface area contributed by atoms with E-state index in [1.54, 1.807) is 0 Å². The highest BCUT2D eigenvalue weighted by Crippen LogP contribution is 2.39. The SMILES string of the molecule is C[C@H](C(=O)N[C@@H]1CC(C)(C)Oc2ccccc21)N(c1cccc(F)c1)S(C)(=O)=O. The van der Waals surface area contributed by atoms with Gasteiger partial charge in [-0.25, -0.2) is 12.8 Å². The van der Waals surface area contributed by atoms with Gasteiger partial charge in [-0.15, -0.1) is 0 Å². The van der Waals surface area contributed by atoms with Crippen molar-refractivity contribution in [1.29, 1.82) is 0 Å². The van der Waals surface area contributed by atoms with E-state index in [1.165, 1.54) is 25.1 Å². The Labute approximate surface area is 170 Å². The van der Waals surface area contributed by atoms with Crippen LogP contribution in [0.4, 0.5) is 10.1 Å². The minimum Gasteiger partial charge on any atom is -0.487 e. The zero-order valence-electron chi connectivity index (χ0n) is 16.8. The van der Waals surface area contributed by atoms with Gasteiger partial charge < -0.3 is 10.1 Å². The van der Waals surface area contributed by atoms with Crippen LogP contribution >= 0.6 is 0 Å². The third-order valence-corrected chi connectivity index (χ3v) is 6.09. The lowest BCUT2D eigenvalue weighted by atomic mass is 9.89. The number of para-hydroxylation sites is 1. The maximum absolute atomic E-state index is 13.7. The van der Waals surface area contributed by atoms with Gasteiger partial charge in [-0.3, -0.25) is 9.10 Å². The van der Waals surface area contributed by atoms with Crippen LogP contribution in [-0.2, 0) is 14.8 Å². The van der Waals surface area contributed by atoms with Crippen molar-refractivity contribution in [1.82, 2.24) is 5.32 Å². The Morgan fingerprint density at radius 2 is 1.93 bits per heavy atom. The Bertz CT molecular complexity index is 1020. The fourth-order valence-electron chi connectivity index (χ4n) is 3.65. The topological polar surface area (TPSA) is 75.7 Å². The molecule has 156 valence electrons. The fraction of sp³-hybridized carbons (Fsp3) is 0.381. The van der Waals surface area contributed by atoms with Crippen molar-refractivity contribution in [2.75, 3.05) is 10.6 Å². The minimum atomic E-state index is -3.82. The fourth-order valence-corrected chi connectivity index (χ4v) is 4.81. The lowest BCUT2D eigenvalue weighted by Gasteiger charge is -2.38. The number of benzene rings is 2. The highest BCUT2D eigenvalue weighted by molar-refractivity contribution is 7.92. The van der Waals surface area contributed by atoms with Gasteiger partial charge in [0.25, 0.3) is 0 Å². The van der Waals surface area contributed by atoms with Gasteiger partial charge in [-0.2, -0.15) is 0 Å². The van der Waals surface area contributed by atoms with E-state index in [4.69, 9.17) is 4.74 Å². The molecule has 0 unspecified atom stereocenters. The van der Waals surface area contributed by atoms with E-state index in [-0.39, 0.29) is 11.7 Å². The first-order chi connectivity index (χ1) is 13.5. The zero-order chi connectivity index (χ0) is 21.4. The quantitative estimate of drug-likeness (QED) is 0.805. The van der Waals surface area contributed by atoms with Gasteiger partial charge in [0.2, 0.25) is 15.9 Å². The lowest BCUT2D eigenvalue weighted by molar-refractivity contribution is -0.123. The van der Waals surface area contributed by atoms with Crippen molar-refractivity contribution in [2.24, 2.45) is 0 Å². The molecule has 6 nitrogen and oxygen atoms in total. The highest BCUT2D eigenvalue weighted by Gasteiger charge is 2.36. The third kappa shape index (κ3) is 4.70. The van der Waals surface area contributed by atoms with Crippen molar-refractivity contribution < 1.29 is 22.3 Å². The Morgan fingerprint density at radius 1 is 1.24 bits per heavy atom. The van der Waals surface area contributed by atoms with Crippen LogP contribution in [-0.4, -0.2) is 32.2 Å². The van der Waals surface area contributed by atoms with Crippen LogP contribution in [0.5, 0.6) is 5.75 Å². The van der Waals surface area contributed by atoms with Gasteiger partial charge in [0, 0.05) is 12.0 Å². The summed E-state index contributed by atoms with van der Waals surface area (Å²) in [6, 6.07) is 11.2. The number of hydrogen-bond donors (Lipinski definition) is 1. The van der Waals surface area contributed by atoms with Crippen LogP contribution in [0.2, 0.25) is 0 Å². The molecule has 29 heavy (non-hydrogen) atoms. The zero-order valence-corrected chi connectivity index (χ0v) is 17.7. The summed E-state index contributed by atoms with van der Waals surface area (Å²) in [5, 5.41) is 2.95. The summed E-state index contributed by atoms with van der Waals surface area (Å²) in [6.07, 6.45) is 1.52. The average molecular weight is 421 g/mol. The smallest absolute Gasteiger partial charge is 0.244 e. The van der Waals surface area contributed by atoms with E-state index in [9.17, 15) is 17.6 Å². The molecule has 0 fully saturated rings. The number of anilines is 1. The maximum Gasteiger partial charge on any atom is 0.244 e. The van der Waals surface area contributed by atoms with Crippen molar-refractivity contribution in [2.45, 2.75) is 44.9 Å². The molecule has 0 saturated carbocycles. The van der Waals surface area contributed by atoms with Gasteiger partial charge in [0.05, 0.1) is 18.0 Å². The van der Waals surface area contributed by atoms with Crippen LogP contribution < -0.4 is 14.4 Å². The van der Waals surface area contributed by atoms with E-state index in [2.05, 4.69) is 5.32 Å². The molecule has 0 aromatic heterocycles. The van der Waals surface area contributed by atoms with Crippen LogP contribution in [0.25, 0.3) is 0 Å². The number of carbonyl (C=O) groups is 1. The summed E-state index contributed by atoms with van der Waals surface area (Å²) in [7, 11) is -3.82. The number of fused-ring (bicyclic) bond motifs is 1. The second kappa shape index (κ2) is 7.67. The Hall–Kier alpha value is -2.61. The summed E-state index contributed by atoms with van der Waals surface area (Å²) in [5.41, 5.74) is 0.445. The summed E-state index contributed by atoms with van der Waals surface area (Å²) in [6.45, 7) is 5.35. The number of amides is 1. The molecular weight excluding hydrogens is 395 g/mol. The molecule has 1 heterocycles. The van der Waals surface area contributed by atoms with E-state index >= 15 is 0 Å². The Morgan fingerprint density at radius 3 is 2.59 bits per heavy atom. The molecule has 1 aliphatic heterocycles. The van der Waals surface area contributed by atoms with Gasteiger partial charge >= 0.3 is 0 Å². The van der Waals surface area contributed by atoms with Gasteiger partial charge in [-0.1, -0.05) is 24.3 Å². The molecule has 2 aromatic rings. The van der Waals surface area contributed by atoms with E-state index in [1.807, 2.05) is 38.1 Å². The first kappa shape index (κ1) is 21.1. The van der Waals surface area contributed by atoms with Gasteiger partial charge in [0.1, 0.15) is 23.2 Å². The number of carbonyl (C=O) groups excluding carboxylic acids is 1. The van der Waals surface area contributed by atoms with Gasteiger partial charge in [0.15, 0.2) is 0 Å². The predicted octanol–water partition coefficient (Wildman–Crippen LogP) is 3.40. The first-order valence-electron chi connectivity index (χ1n) is 9.31. The second-order valence-electron chi connectivity index (χ2n) is 7.88. The monoisotopic (exact) mass is 420 g/mol. The maximum atomic E-state index is 13.7. The molecular formula is C21H25FN2O4S. The lowest BCUT2D eigenvalue weighted by Crippen LogP contribution is -2.50. The number of nitrogens with zero attached hydrogens (tertiary/aromatic N) is 1. The number of hydrogen-bond acceptors (Lipinski definition) is 4. The van der Waals surface area contributed by atoms with Crippen molar-refractivity contribution >= 4 is 21.6 Å². The Balaban J connectivity index is 1.89. The average Bonchev–Trinajstić information content (AvgIpc) is 2.59. The van der Waals surface area contributed by atoms with E-state index < -0.39 is 33.4 Å². The van der Waals surface area contributed by atoms with Crippen LogP contribution in [0.3, 0.4) is 0 Å². The molecule has 1 amide bonds. The molecule has 3 rings (SSSR count). The van der Waals surface area contributed by atoms with E-state index in [0.717, 1.165) is 22.2 Å². The number of nitrogens with one attached hydrogen (secondary N) is 1. The van der Waals surface area contributed by atoms with E-state index in [0.29, 0.717) is 12.2 Å². The van der Waals surface area contributed by atoms with Crippen LogP contribution in [0.15, 0.2) is 48.5 Å². The molecule has 8 heteroatoms. The number of rotatable bonds is 5. The molecule has 0 bridgehead atoms. The normalized spacial score (nSPS) is 18.9. The summed E-state index contributed by atoms with van der Waals surface area (Å²) < 4.78 is 45.3. The Kier molecular flexibility index (Phi) is 5.58. The number of sulfonamides is 1. The number of halogens is 1.